The van der Waals surface area contributed by atoms with Crippen LogP contribution < -0.4 is 10.6 Å². The molecule has 0 radical (unpaired) electrons. The van der Waals surface area contributed by atoms with E-state index in [2.05, 4.69) is 62.9 Å². The van der Waals surface area contributed by atoms with Crippen molar-refractivity contribution in [2.75, 3.05) is 27.2 Å². The topological polar surface area (TPSA) is 24.1 Å². The maximum Gasteiger partial charge on any atom is 0.0422 e. The van der Waals surface area contributed by atoms with Gasteiger partial charge < -0.3 is 10.6 Å². The minimum absolute atomic E-state index is 0.125. The summed E-state index contributed by atoms with van der Waals surface area (Å²) in [5.74, 6) is 0. The molecule has 1 aromatic carbocycles. The lowest BCUT2D eigenvalue weighted by molar-refractivity contribution is 0.450. The molecule has 1 aliphatic carbocycles. The Balaban J connectivity index is 2.61. The van der Waals surface area contributed by atoms with Crippen LogP contribution in [0.5, 0.6) is 0 Å². The molecular formula is C17H26N2. The number of likely N-dealkylation sites (N-methyl/N-ethyl adjacent to an activating group) is 2. The van der Waals surface area contributed by atoms with Gasteiger partial charge in [0.05, 0.1) is 0 Å². The van der Waals surface area contributed by atoms with Crippen LogP contribution >= 0.6 is 0 Å². The number of aryl methyl sites for hydroxylation is 1. The Labute approximate surface area is 117 Å². The van der Waals surface area contributed by atoms with Gasteiger partial charge in [0.25, 0.3) is 0 Å². The normalized spacial score (nSPS) is 16.3. The minimum Gasteiger partial charge on any atom is -0.318 e. The first-order chi connectivity index (χ1) is 9.23. The van der Waals surface area contributed by atoms with Crippen molar-refractivity contribution in [2.24, 2.45) is 0 Å². The van der Waals surface area contributed by atoms with E-state index in [1.54, 1.807) is 5.57 Å². The number of hydrogen-bond acceptors (Lipinski definition) is 2. The van der Waals surface area contributed by atoms with E-state index in [9.17, 15) is 0 Å². The van der Waals surface area contributed by atoms with Crippen molar-refractivity contribution < 1.29 is 0 Å². The van der Waals surface area contributed by atoms with E-state index in [0.29, 0.717) is 0 Å². The first-order valence-electron chi connectivity index (χ1n) is 7.36. The van der Waals surface area contributed by atoms with Crippen LogP contribution in [0, 0.1) is 0 Å². The van der Waals surface area contributed by atoms with Crippen LogP contribution in [0.15, 0.2) is 23.8 Å². The number of hydrogen-bond donors (Lipinski definition) is 2. The van der Waals surface area contributed by atoms with Gasteiger partial charge in [-0.25, -0.2) is 0 Å². The standard InChI is InChI=1S/C17H26N2/c1-5-13-8-7-9-14-10-15(6-2)17(11-18-3,12-19-4)16(13)14/h7-10,18-19H,5-6,11-12H2,1-4H3. The number of rotatable bonds is 6. The summed E-state index contributed by atoms with van der Waals surface area (Å²) in [6, 6.07) is 6.73. The van der Waals surface area contributed by atoms with Gasteiger partial charge in [-0.1, -0.05) is 43.7 Å². The molecule has 2 N–H and O–H groups in total. The summed E-state index contributed by atoms with van der Waals surface area (Å²) in [5, 5.41) is 6.82. The molecule has 0 saturated heterocycles. The van der Waals surface area contributed by atoms with Gasteiger partial charge in [-0.15, -0.1) is 0 Å². The van der Waals surface area contributed by atoms with E-state index >= 15 is 0 Å². The fraction of sp³-hybridized carbons (Fsp3) is 0.529. The van der Waals surface area contributed by atoms with Crippen molar-refractivity contribution in [1.29, 1.82) is 0 Å². The number of fused-ring (bicyclic) bond motifs is 1. The molecule has 2 rings (SSSR count). The molecule has 1 aliphatic rings. The molecule has 2 heteroatoms. The largest absolute Gasteiger partial charge is 0.318 e. The SMILES string of the molecule is CCC1=Cc2cccc(CC)c2C1(CNC)CNC. The van der Waals surface area contributed by atoms with Gasteiger partial charge >= 0.3 is 0 Å². The van der Waals surface area contributed by atoms with Gasteiger partial charge in [0, 0.05) is 18.5 Å². The Morgan fingerprint density at radius 2 is 1.68 bits per heavy atom. The average Bonchev–Trinajstić information content (AvgIpc) is 2.74. The zero-order valence-corrected chi connectivity index (χ0v) is 12.6. The number of benzene rings is 1. The summed E-state index contributed by atoms with van der Waals surface area (Å²) in [7, 11) is 4.11. The summed E-state index contributed by atoms with van der Waals surface area (Å²) in [6.45, 7) is 6.52. The van der Waals surface area contributed by atoms with Crippen LogP contribution in [0.2, 0.25) is 0 Å². The molecule has 0 aliphatic heterocycles. The molecule has 0 saturated carbocycles. The van der Waals surface area contributed by atoms with Crippen molar-refractivity contribution in [3.63, 3.8) is 0 Å². The fourth-order valence-electron chi connectivity index (χ4n) is 3.62. The predicted molar refractivity (Wildman–Crippen MR) is 83.6 cm³/mol. The highest BCUT2D eigenvalue weighted by molar-refractivity contribution is 5.71. The first-order valence-corrected chi connectivity index (χ1v) is 7.36. The van der Waals surface area contributed by atoms with Gasteiger partial charge in [-0.05, 0) is 43.6 Å². The molecule has 19 heavy (non-hydrogen) atoms. The summed E-state index contributed by atoms with van der Waals surface area (Å²) >= 11 is 0. The van der Waals surface area contributed by atoms with Gasteiger partial charge in [0.1, 0.15) is 0 Å². The molecule has 0 atom stereocenters. The Morgan fingerprint density at radius 1 is 1.00 bits per heavy atom. The van der Waals surface area contributed by atoms with Crippen molar-refractivity contribution >= 4 is 6.08 Å². The monoisotopic (exact) mass is 258 g/mol. The predicted octanol–water partition coefficient (Wildman–Crippen LogP) is 2.73. The maximum atomic E-state index is 3.41. The minimum atomic E-state index is 0.125. The summed E-state index contributed by atoms with van der Waals surface area (Å²) in [6.07, 6.45) is 4.62. The molecule has 0 heterocycles. The molecule has 0 unspecified atom stereocenters. The third-order valence-corrected chi connectivity index (χ3v) is 4.32. The van der Waals surface area contributed by atoms with Crippen LogP contribution in [0.4, 0.5) is 0 Å². The van der Waals surface area contributed by atoms with E-state index in [-0.39, 0.29) is 5.41 Å². The molecule has 0 spiro atoms. The molecule has 2 nitrogen and oxygen atoms in total. The van der Waals surface area contributed by atoms with Crippen LogP contribution in [0.25, 0.3) is 6.08 Å². The Morgan fingerprint density at radius 3 is 2.21 bits per heavy atom. The maximum absolute atomic E-state index is 3.41. The third-order valence-electron chi connectivity index (χ3n) is 4.32. The van der Waals surface area contributed by atoms with E-state index in [4.69, 9.17) is 0 Å². The van der Waals surface area contributed by atoms with Gasteiger partial charge in [-0.3, -0.25) is 0 Å². The zero-order chi connectivity index (χ0) is 13.9. The van der Waals surface area contributed by atoms with Gasteiger partial charge in [0.2, 0.25) is 0 Å². The van der Waals surface area contributed by atoms with Crippen molar-refractivity contribution in [2.45, 2.75) is 32.1 Å². The molecule has 0 aromatic heterocycles. The lowest BCUT2D eigenvalue weighted by Crippen LogP contribution is -2.45. The summed E-state index contributed by atoms with van der Waals surface area (Å²) in [4.78, 5) is 0. The molecule has 0 amide bonds. The zero-order valence-electron chi connectivity index (χ0n) is 12.6. The van der Waals surface area contributed by atoms with Crippen molar-refractivity contribution in [3.8, 4) is 0 Å². The quantitative estimate of drug-likeness (QED) is 0.820. The Kier molecular flexibility index (Phi) is 4.43. The first kappa shape index (κ1) is 14.3. The van der Waals surface area contributed by atoms with E-state index < -0.39 is 0 Å². The highest BCUT2D eigenvalue weighted by Gasteiger charge is 2.40. The molecule has 0 bridgehead atoms. The fourth-order valence-corrected chi connectivity index (χ4v) is 3.62. The highest BCUT2D eigenvalue weighted by atomic mass is 14.9. The second-order valence-corrected chi connectivity index (χ2v) is 5.40. The highest BCUT2D eigenvalue weighted by Crippen LogP contribution is 2.44. The van der Waals surface area contributed by atoms with E-state index in [1.165, 1.54) is 16.7 Å². The van der Waals surface area contributed by atoms with Crippen molar-refractivity contribution in [1.82, 2.24) is 10.6 Å². The second kappa shape index (κ2) is 5.89. The number of nitrogens with one attached hydrogen (secondary N) is 2. The Bertz CT molecular complexity index is 468. The molecule has 0 fully saturated rings. The second-order valence-electron chi connectivity index (χ2n) is 5.40. The van der Waals surface area contributed by atoms with Crippen LogP contribution in [-0.4, -0.2) is 27.2 Å². The van der Waals surface area contributed by atoms with Crippen LogP contribution in [-0.2, 0) is 11.8 Å². The molecular weight excluding hydrogens is 232 g/mol. The average molecular weight is 258 g/mol. The summed E-state index contributed by atoms with van der Waals surface area (Å²) < 4.78 is 0. The van der Waals surface area contributed by atoms with Crippen LogP contribution in [0.3, 0.4) is 0 Å². The molecule has 1 aromatic rings. The van der Waals surface area contributed by atoms with Gasteiger partial charge in [-0.2, -0.15) is 0 Å². The Hall–Kier alpha value is -1.12. The molecule has 104 valence electrons. The van der Waals surface area contributed by atoms with E-state index in [1.807, 2.05) is 0 Å². The van der Waals surface area contributed by atoms with Crippen molar-refractivity contribution in [3.05, 3.63) is 40.5 Å². The smallest absolute Gasteiger partial charge is 0.0422 e. The van der Waals surface area contributed by atoms with Crippen LogP contribution in [0.1, 0.15) is 37.0 Å². The van der Waals surface area contributed by atoms with Gasteiger partial charge in [0.15, 0.2) is 0 Å². The van der Waals surface area contributed by atoms with E-state index in [0.717, 1.165) is 25.9 Å². The third kappa shape index (κ3) is 2.24. The lowest BCUT2D eigenvalue weighted by Gasteiger charge is -2.35. The summed E-state index contributed by atoms with van der Waals surface area (Å²) in [5.41, 5.74) is 6.12. The lowest BCUT2D eigenvalue weighted by atomic mass is 9.74.